The maximum absolute atomic E-state index is 13.1. The smallest absolute Gasteiger partial charge is 0.349 e. The molecular weight excluding hydrogens is 571 g/mol. The van der Waals surface area contributed by atoms with Gasteiger partial charge >= 0.3 is 5.69 Å². The van der Waals surface area contributed by atoms with Crippen molar-refractivity contribution in [3.8, 4) is 17.2 Å². The highest BCUT2D eigenvalue weighted by molar-refractivity contribution is 9.10. The second kappa shape index (κ2) is 9.93. The summed E-state index contributed by atoms with van der Waals surface area (Å²) in [7, 11) is 0. The van der Waals surface area contributed by atoms with Gasteiger partial charge in [0.25, 0.3) is 11.5 Å². The van der Waals surface area contributed by atoms with Crippen LogP contribution in [-0.4, -0.2) is 32.1 Å². The molecule has 1 amide bonds. The quantitative estimate of drug-likeness (QED) is 0.355. The van der Waals surface area contributed by atoms with E-state index in [1.165, 1.54) is 12.1 Å². The van der Waals surface area contributed by atoms with Gasteiger partial charge in [-0.3, -0.25) is 14.6 Å². The summed E-state index contributed by atoms with van der Waals surface area (Å²) in [5.41, 5.74) is 1.48. The molecule has 0 atom stereocenters. The first-order valence-corrected chi connectivity index (χ1v) is 12.4. The number of ether oxygens (including phenoxy) is 1. The van der Waals surface area contributed by atoms with Gasteiger partial charge in [-0.1, -0.05) is 51.3 Å². The van der Waals surface area contributed by atoms with Crippen molar-refractivity contribution in [1.29, 1.82) is 0 Å². The lowest BCUT2D eigenvalue weighted by molar-refractivity contribution is 0.0727. The van der Waals surface area contributed by atoms with Crippen molar-refractivity contribution >= 4 is 45.0 Å². The molecule has 0 saturated heterocycles. The fourth-order valence-corrected chi connectivity index (χ4v) is 4.78. The molecule has 182 valence electrons. The monoisotopic (exact) mass is 586 g/mol. The van der Waals surface area contributed by atoms with Crippen molar-refractivity contribution in [3.05, 3.63) is 113 Å². The summed E-state index contributed by atoms with van der Waals surface area (Å²) in [5, 5.41) is 4.09. The van der Waals surface area contributed by atoms with Gasteiger partial charge in [-0.2, -0.15) is 9.78 Å². The molecule has 0 bridgehead atoms. The number of nitrogens with one attached hydrogen (secondary N) is 1. The van der Waals surface area contributed by atoms with Gasteiger partial charge in [-0.15, -0.1) is 0 Å². The Kier molecular flexibility index (Phi) is 6.70. The zero-order chi connectivity index (χ0) is 25.4. The van der Waals surface area contributed by atoms with E-state index in [1.807, 2.05) is 29.2 Å². The predicted molar refractivity (Wildman–Crippen MR) is 140 cm³/mol. The topological polar surface area (TPSA) is 97.3 Å². The van der Waals surface area contributed by atoms with Crippen LogP contribution in [0.1, 0.15) is 21.5 Å². The van der Waals surface area contributed by atoms with Gasteiger partial charge in [0.15, 0.2) is 5.75 Å². The van der Waals surface area contributed by atoms with Crippen molar-refractivity contribution in [1.82, 2.24) is 19.7 Å². The summed E-state index contributed by atoms with van der Waals surface area (Å²) >= 11 is 16.2. The Balaban J connectivity index is 1.36. The minimum absolute atomic E-state index is 0.0371. The summed E-state index contributed by atoms with van der Waals surface area (Å²) in [4.78, 5) is 40.3. The lowest BCUT2D eigenvalue weighted by Crippen LogP contribution is -2.37. The molecular formula is C25H17BrCl2N4O4. The van der Waals surface area contributed by atoms with Crippen LogP contribution < -0.4 is 16.0 Å². The van der Waals surface area contributed by atoms with Crippen molar-refractivity contribution in [3.63, 3.8) is 0 Å². The van der Waals surface area contributed by atoms with Gasteiger partial charge < -0.3 is 9.64 Å². The van der Waals surface area contributed by atoms with Gasteiger partial charge in [0.05, 0.1) is 15.7 Å². The van der Waals surface area contributed by atoms with Crippen molar-refractivity contribution < 1.29 is 9.53 Å². The fraction of sp³-hybridized carbons (Fsp3) is 0.120. The molecule has 0 unspecified atom stereocenters. The predicted octanol–water partition coefficient (Wildman–Crippen LogP) is 4.98. The van der Waals surface area contributed by atoms with Crippen LogP contribution in [0.4, 0.5) is 0 Å². The van der Waals surface area contributed by atoms with E-state index in [9.17, 15) is 14.4 Å². The lowest BCUT2D eigenvalue weighted by Gasteiger charge is -2.29. The number of nitrogens with zero attached hydrogens (tertiary/aromatic N) is 3. The highest BCUT2D eigenvalue weighted by atomic mass is 79.9. The Hall–Kier alpha value is -3.40. The first-order valence-electron chi connectivity index (χ1n) is 10.8. The van der Waals surface area contributed by atoms with Gasteiger partial charge in [0, 0.05) is 23.1 Å². The number of H-pyrrole nitrogens is 1. The number of carbonyl (C=O) groups is 1. The van der Waals surface area contributed by atoms with Gasteiger partial charge in [-0.05, 0) is 60.0 Å². The van der Waals surface area contributed by atoms with E-state index in [2.05, 4.69) is 26.0 Å². The van der Waals surface area contributed by atoms with Crippen LogP contribution in [0.25, 0.3) is 5.69 Å². The third kappa shape index (κ3) is 4.95. The number of benzene rings is 3. The van der Waals surface area contributed by atoms with E-state index < -0.39 is 11.2 Å². The van der Waals surface area contributed by atoms with Gasteiger partial charge in [-0.25, -0.2) is 4.79 Å². The molecule has 0 aliphatic carbocycles. The molecule has 36 heavy (non-hydrogen) atoms. The molecule has 0 radical (unpaired) electrons. The van der Waals surface area contributed by atoms with Crippen molar-refractivity contribution in [2.75, 3.05) is 6.54 Å². The summed E-state index contributed by atoms with van der Waals surface area (Å²) in [5.74, 6) is 0.627. The molecule has 1 aromatic heterocycles. The second-order valence-corrected chi connectivity index (χ2v) is 9.84. The first kappa shape index (κ1) is 24.3. The number of rotatable bonds is 5. The number of fused-ring (bicyclic) bond motifs is 1. The largest absolute Gasteiger partial charge is 0.454 e. The molecule has 0 spiro atoms. The number of aromatic nitrogens is 3. The third-order valence-electron chi connectivity index (χ3n) is 5.69. The highest BCUT2D eigenvalue weighted by Gasteiger charge is 2.25. The van der Waals surface area contributed by atoms with Gasteiger partial charge in [0.2, 0.25) is 0 Å². The number of aromatic amines is 1. The second-order valence-electron chi connectivity index (χ2n) is 8.11. The van der Waals surface area contributed by atoms with Crippen molar-refractivity contribution in [2.24, 2.45) is 0 Å². The minimum Gasteiger partial charge on any atom is -0.454 e. The molecule has 4 aromatic rings. The van der Waals surface area contributed by atoms with E-state index in [4.69, 9.17) is 27.9 Å². The van der Waals surface area contributed by atoms with E-state index in [1.54, 1.807) is 18.2 Å². The average molecular weight is 588 g/mol. The maximum atomic E-state index is 13.1. The number of halogens is 3. The van der Waals surface area contributed by atoms with Crippen LogP contribution in [0, 0.1) is 0 Å². The van der Waals surface area contributed by atoms with Crippen LogP contribution in [0.2, 0.25) is 10.0 Å². The Labute approximate surface area is 223 Å². The molecule has 1 N–H and O–H groups in total. The van der Waals surface area contributed by atoms with E-state index in [0.717, 1.165) is 26.5 Å². The lowest BCUT2D eigenvalue weighted by atomic mass is 9.98. The molecule has 8 nitrogen and oxygen atoms in total. The SMILES string of the molecule is O=C1c2ccc(Oc3c(Cl)cc(-n4ncc(=O)[nH]c4=O)cc3Cl)cc2CCN1Cc1ccc(Br)cc1. The van der Waals surface area contributed by atoms with Crippen molar-refractivity contribution in [2.45, 2.75) is 13.0 Å². The fourth-order valence-electron chi connectivity index (χ4n) is 3.96. The first-order chi connectivity index (χ1) is 17.3. The summed E-state index contributed by atoms with van der Waals surface area (Å²) in [6.07, 6.45) is 1.65. The maximum Gasteiger partial charge on any atom is 0.349 e. The zero-order valence-electron chi connectivity index (χ0n) is 18.5. The standard InChI is InChI=1S/C25H17BrCl2N4O4/c26-16-3-1-14(2-4-16)13-31-8-7-15-9-18(5-6-19(15)24(31)34)36-23-20(27)10-17(11-21(23)28)32-25(35)30-22(33)12-29-32/h1-6,9-12H,7-8,13H2,(H,30,33,35). The van der Waals surface area contributed by atoms with Gasteiger partial charge in [0.1, 0.15) is 11.9 Å². The minimum atomic E-state index is -0.725. The summed E-state index contributed by atoms with van der Waals surface area (Å²) < 4.78 is 7.91. The third-order valence-corrected chi connectivity index (χ3v) is 6.78. The Bertz CT molecular complexity index is 1580. The Morgan fingerprint density at radius 2 is 1.72 bits per heavy atom. The number of amides is 1. The summed E-state index contributed by atoms with van der Waals surface area (Å²) in [6.45, 7) is 1.12. The average Bonchev–Trinajstić information content (AvgIpc) is 2.84. The molecule has 0 fully saturated rings. The van der Waals surface area contributed by atoms with Crippen LogP contribution in [0.15, 0.2) is 74.9 Å². The van der Waals surface area contributed by atoms with Crippen LogP contribution in [-0.2, 0) is 13.0 Å². The molecule has 1 aliphatic heterocycles. The number of carbonyl (C=O) groups excluding carboxylic acids is 1. The normalized spacial score (nSPS) is 13.0. The van der Waals surface area contributed by atoms with Crippen LogP contribution in [0.3, 0.4) is 0 Å². The van der Waals surface area contributed by atoms with Crippen LogP contribution >= 0.6 is 39.1 Å². The molecule has 11 heteroatoms. The van der Waals surface area contributed by atoms with E-state index in [0.29, 0.717) is 30.8 Å². The Morgan fingerprint density at radius 1 is 1.00 bits per heavy atom. The van der Waals surface area contributed by atoms with Crippen LogP contribution in [0.5, 0.6) is 11.5 Å². The van der Waals surface area contributed by atoms with E-state index in [-0.39, 0.29) is 27.4 Å². The van der Waals surface area contributed by atoms with E-state index >= 15 is 0 Å². The molecule has 1 aliphatic rings. The number of hydrogen-bond donors (Lipinski definition) is 1. The molecule has 0 saturated carbocycles. The zero-order valence-corrected chi connectivity index (χ0v) is 21.6. The Morgan fingerprint density at radius 3 is 2.42 bits per heavy atom. The highest BCUT2D eigenvalue weighted by Crippen LogP contribution is 2.39. The number of hydrogen-bond acceptors (Lipinski definition) is 5. The molecule has 2 heterocycles. The molecule has 3 aromatic carbocycles. The molecule has 5 rings (SSSR count). The summed E-state index contributed by atoms with van der Waals surface area (Å²) in [6, 6.07) is 16.0.